The van der Waals surface area contributed by atoms with Gasteiger partial charge in [0, 0.05) is 11.3 Å². The molecular weight excluding hydrogens is 241 g/mol. The van der Waals surface area contributed by atoms with Crippen molar-refractivity contribution in [2.45, 2.75) is 20.0 Å². The third kappa shape index (κ3) is 3.65. The van der Waals surface area contributed by atoms with E-state index in [4.69, 9.17) is 0 Å². The molecule has 0 atom stereocenters. The molecule has 0 radical (unpaired) electrons. The number of nitrogens with one attached hydrogen (secondary N) is 1. The third-order valence-corrected chi connectivity index (χ3v) is 2.89. The number of aryl methyl sites for hydroxylation is 1. The summed E-state index contributed by atoms with van der Waals surface area (Å²) >= 11 is 0. The average Bonchev–Trinajstić information content (AvgIpc) is 2.40. The molecule has 98 valence electrons. The summed E-state index contributed by atoms with van der Waals surface area (Å²) in [7, 11) is 0. The van der Waals surface area contributed by atoms with Crippen LogP contribution < -0.4 is 5.32 Å². The third-order valence-electron chi connectivity index (χ3n) is 2.89. The minimum Gasteiger partial charge on any atom is -0.325 e. The highest BCUT2D eigenvalue weighted by Gasteiger charge is 2.08. The van der Waals surface area contributed by atoms with E-state index in [2.05, 4.69) is 5.32 Å². The molecule has 19 heavy (non-hydrogen) atoms. The van der Waals surface area contributed by atoms with E-state index in [9.17, 15) is 9.18 Å². The van der Waals surface area contributed by atoms with Gasteiger partial charge in [-0.05, 0) is 24.1 Å². The van der Waals surface area contributed by atoms with Crippen LogP contribution in [0.2, 0.25) is 0 Å². The summed E-state index contributed by atoms with van der Waals surface area (Å²) in [6, 6.07) is 14.8. The first-order valence-corrected chi connectivity index (χ1v) is 6.18. The van der Waals surface area contributed by atoms with Crippen LogP contribution >= 0.6 is 0 Å². The van der Waals surface area contributed by atoms with Gasteiger partial charge in [0.2, 0.25) is 5.91 Å². The fraction of sp³-hybridized carbons (Fsp3) is 0.188. The predicted octanol–water partition coefficient (Wildman–Crippen LogP) is 3.65. The van der Waals surface area contributed by atoms with Gasteiger partial charge in [-0.2, -0.15) is 0 Å². The van der Waals surface area contributed by atoms with E-state index in [1.165, 1.54) is 0 Å². The fourth-order valence-corrected chi connectivity index (χ4v) is 1.90. The molecule has 2 rings (SSSR count). The van der Waals surface area contributed by atoms with Crippen molar-refractivity contribution in [2.24, 2.45) is 0 Å². The van der Waals surface area contributed by atoms with Crippen molar-refractivity contribution in [2.75, 3.05) is 5.32 Å². The van der Waals surface area contributed by atoms with Gasteiger partial charge < -0.3 is 5.32 Å². The Kier molecular flexibility index (Phi) is 4.29. The highest BCUT2D eigenvalue weighted by molar-refractivity contribution is 5.93. The lowest BCUT2D eigenvalue weighted by atomic mass is 10.1. The molecule has 0 unspecified atom stereocenters. The molecule has 0 bridgehead atoms. The van der Waals surface area contributed by atoms with Crippen LogP contribution in [0.5, 0.6) is 0 Å². The molecule has 0 spiro atoms. The van der Waals surface area contributed by atoms with Gasteiger partial charge >= 0.3 is 0 Å². The lowest BCUT2D eigenvalue weighted by Gasteiger charge is -2.10. The van der Waals surface area contributed by atoms with Gasteiger partial charge in [-0.1, -0.05) is 42.5 Å². The van der Waals surface area contributed by atoms with Crippen LogP contribution in [-0.4, -0.2) is 5.91 Å². The van der Waals surface area contributed by atoms with Gasteiger partial charge in [-0.3, -0.25) is 4.79 Å². The number of carbonyl (C=O) groups excluding carboxylic acids is 1. The maximum absolute atomic E-state index is 12.8. The molecule has 0 aliphatic heterocycles. The largest absolute Gasteiger partial charge is 0.325 e. The Morgan fingerprint density at radius 1 is 1.16 bits per heavy atom. The van der Waals surface area contributed by atoms with Gasteiger partial charge in [0.05, 0.1) is 6.42 Å². The number of amides is 1. The Bertz CT molecular complexity index is 566. The lowest BCUT2D eigenvalue weighted by Crippen LogP contribution is -2.15. The molecule has 0 heterocycles. The first-order valence-electron chi connectivity index (χ1n) is 6.18. The molecule has 1 amide bonds. The summed E-state index contributed by atoms with van der Waals surface area (Å²) in [4.78, 5) is 11.9. The standard InChI is InChI=1S/C16H16FNO/c1-12-7-8-14(11-17)15(9-12)18-16(19)10-13-5-3-2-4-6-13/h2-9H,10-11H2,1H3,(H,18,19). The number of benzene rings is 2. The van der Waals surface area contributed by atoms with Crippen molar-refractivity contribution in [3.63, 3.8) is 0 Å². The van der Waals surface area contributed by atoms with E-state index in [-0.39, 0.29) is 5.91 Å². The number of alkyl halides is 1. The number of hydrogen-bond acceptors (Lipinski definition) is 1. The topological polar surface area (TPSA) is 29.1 Å². The number of rotatable bonds is 4. The predicted molar refractivity (Wildman–Crippen MR) is 74.8 cm³/mol. The molecule has 0 fully saturated rings. The molecule has 2 nitrogen and oxygen atoms in total. The summed E-state index contributed by atoms with van der Waals surface area (Å²) < 4.78 is 12.8. The number of hydrogen-bond donors (Lipinski definition) is 1. The fourth-order valence-electron chi connectivity index (χ4n) is 1.90. The maximum atomic E-state index is 12.8. The smallest absolute Gasteiger partial charge is 0.228 e. The van der Waals surface area contributed by atoms with Crippen LogP contribution in [0.4, 0.5) is 10.1 Å². The summed E-state index contributed by atoms with van der Waals surface area (Å²) in [5.41, 5.74) is 3.00. The van der Waals surface area contributed by atoms with E-state index >= 15 is 0 Å². The molecule has 3 heteroatoms. The number of carbonyl (C=O) groups is 1. The normalized spacial score (nSPS) is 10.2. The van der Waals surface area contributed by atoms with Crippen molar-refractivity contribution in [1.82, 2.24) is 0 Å². The molecule has 2 aromatic carbocycles. The van der Waals surface area contributed by atoms with Crippen molar-refractivity contribution < 1.29 is 9.18 Å². The van der Waals surface area contributed by atoms with Crippen molar-refractivity contribution in [3.05, 3.63) is 65.2 Å². The zero-order valence-corrected chi connectivity index (χ0v) is 10.8. The highest BCUT2D eigenvalue weighted by Crippen LogP contribution is 2.19. The maximum Gasteiger partial charge on any atom is 0.228 e. The van der Waals surface area contributed by atoms with E-state index < -0.39 is 6.67 Å². The van der Waals surface area contributed by atoms with Crippen molar-refractivity contribution in [1.29, 1.82) is 0 Å². The minimum absolute atomic E-state index is 0.133. The second kappa shape index (κ2) is 6.14. The summed E-state index contributed by atoms with van der Waals surface area (Å²) in [5, 5.41) is 2.77. The average molecular weight is 257 g/mol. The SMILES string of the molecule is Cc1ccc(CF)c(NC(=O)Cc2ccccc2)c1. The van der Waals surface area contributed by atoms with E-state index in [1.807, 2.05) is 43.3 Å². The van der Waals surface area contributed by atoms with Gasteiger partial charge in [0.25, 0.3) is 0 Å². The zero-order chi connectivity index (χ0) is 13.7. The van der Waals surface area contributed by atoms with Crippen LogP contribution in [0.25, 0.3) is 0 Å². The second-order valence-electron chi connectivity index (χ2n) is 4.50. The molecule has 0 aliphatic carbocycles. The molecular formula is C16H16FNO. The monoisotopic (exact) mass is 257 g/mol. The molecule has 0 saturated heterocycles. The second-order valence-corrected chi connectivity index (χ2v) is 4.50. The Labute approximate surface area is 112 Å². The quantitative estimate of drug-likeness (QED) is 0.890. The minimum atomic E-state index is -0.582. The molecule has 0 aliphatic rings. The first-order chi connectivity index (χ1) is 9.19. The van der Waals surface area contributed by atoms with Crippen LogP contribution in [0.15, 0.2) is 48.5 Å². The van der Waals surface area contributed by atoms with Crippen molar-refractivity contribution in [3.8, 4) is 0 Å². The Hall–Kier alpha value is -2.16. The van der Waals surface area contributed by atoms with Crippen LogP contribution in [0.1, 0.15) is 16.7 Å². The van der Waals surface area contributed by atoms with Gasteiger partial charge in [0.1, 0.15) is 6.67 Å². The molecule has 1 N–H and O–H groups in total. The summed E-state index contributed by atoms with van der Waals surface area (Å²) in [5.74, 6) is -0.133. The van der Waals surface area contributed by atoms with Gasteiger partial charge in [-0.15, -0.1) is 0 Å². The van der Waals surface area contributed by atoms with E-state index in [1.54, 1.807) is 12.1 Å². The van der Waals surface area contributed by atoms with Crippen molar-refractivity contribution >= 4 is 11.6 Å². The lowest BCUT2D eigenvalue weighted by molar-refractivity contribution is -0.115. The van der Waals surface area contributed by atoms with E-state index in [0.29, 0.717) is 17.7 Å². The first kappa shape index (κ1) is 13.3. The number of anilines is 1. The van der Waals surface area contributed by atoms with Crippen LogP contribution in [0, 0.1) is 6.92 Å². The Morgan fingerprint density at radius 3 is 2.58 bits per heavy atom. The van der Waals surface area contributed by atoms with Gasteiger partial charge in [-0.25, -0.2) is 4.39 Å². The van der Waals surface area contributed by atoms with Gasteiger partial charge in [0.15, 0.2) is 0 Å². The Balaban J connectivity index is 2.09. The van der Waals surface area contributed by atoms with E-state index in [0.717, 1.165) is 11.1 Å². The molecule has 2 aromatic rings. The molecule has 0 aromatic heterocycles. The van der Waals surface area contributed by atoms with Crippen LogP contribution in [0.3, 0.4) is 0 Å². The zero-order valence-electron chi connectivity index (χ0n) is 10.8. The number of halogens is 1. The summed E-state index contributed by atoms with van der Waals surface area (Å²) in [6.07, 6.45) is 0.292. The highest BCUT2D eigenvalue weighted by atomic mass is 19.1. The summed E-state index contributed by atoms with van der Waals surface area (Å²) in [6.45, 7) is 1.33. The Morgan fingerprint density at radius 2 is 1.89 bits per heavy atom. The van der Waals surface area contributed by atoms with Crippen LogP contribution in [-0.2, 0) is 17.9 Å². The molecule has 0 saturated carbocycles.